The molecule has 0 heterocycles. The van der Waals surface area contributed by atoms with Gasteiger partial charge in [0.05, 0.1) is 6.61 Å². The Bertz CT molecular complexity index is 184. The predicted octanol–water partition coefficient (Wildman–Crippen LogP) is -1.62. The summed E-state index contributed by atoms with van der Waals surface area (Å²) in [4.78, 5) is 21.4. The molecule has 0 aromatic carbocycles. The molecule has 2 amide bonds. The van der Waals surface area contributed by atoms with Gasteiger partial charge in [0.15, 0.2) is 0 Å². The molecule has 0 aromatic heterocycles. The average Bonchev–Trinajstić information content (AvgIpc) is 2.13. The van der Waals surface area contributed by atoms with Gasteiger partial charge < -0.3 is 10.1 Å². The first-order valence-electron chi connectivity index (χ1n) is 3.89. The van der Waals surface area contributed by atoms with Crippen molar-refractivity contribution in [2.75, 3.05) is 20.3 Å². The highest BCUT2D eigenvalue weighted by molar-refractivity contribution is 6.34. The molecule has 0 aliphatic heterocycles. The summed E-state index contributed by atoms with van der Waals surface area (Å²) in [6, 6.07) is 0. The number of ether oxygens (including phenoxy) is 1. The summed E-state index contributed by atoms with van der Waals surface area (Å²) in [5.74, 6) is 3.35. The molecule has 0 aliphatic carbocycles. The highest BCUT2D eigenvalue weighted by Crippen LogP contribution is 1.91. The van der Waals surface area contributed by atoms with Gasteiger partial charge in [-0.15, -0.1) is 0 Å². The zero-order valence-electron chi connectivity index (χ0n) is 7.79. The lowest BCUT2D eigenvalue weighted by molar-refractivity contribution is -0.139. The molecule has 4 N–H and O–H groups in total. The number of methoxy groups -OCH3 is 1. The Balaban J connectivity index is 3.63. The highest BCUT2D eigenvalue weighted by Gasteiger charge is 2.11. The molecule has 0 fully saturated rings. The second kappa shape index (κ2) is 6.38. The molecule has 0 saturated heterocycles. The van der Waals surface area contributed by atoms with Gasteiger partial charge in [-0.25, -0.2) is 5.84 Å². The molecule has 1 unspecified atom stereocenters. The van der Waals surface area contributed by atoms with E-state index < -0.39 is 11.8 Å². The van der Waals surface area contributed by atoms with E-state index in [1.54, 1.807) is 12.5 Å². The number of nitrogens with two attached hydrogens (primary N) is 1. The average molecular weight is 189 g/mol. The van der Waals surface area contributed by atoms with Crippen molar-refractivity contribution in [3.05, 3.63) is 0 Å². The van der Waals surface area contributed by atoms with Crippen LogP contribution in [0.25, 0.3) is 0 Å². The molecule has 0 aliphatic rings. The number of carbonyl (C=O) groups excluding carboxylic acids is 2. The Labute approximate surface area is 76.8 Å². The Morgan fingerprint density at radius 2 is 2.08 bits per heavy atom. The first kappa shape index (κ1) is 11.9. The monoisotopic (exact) mass is 189 g/mol. The Hall–Kier alpha value is -1.14. The topological polar surface area (TPSA) is 93.4 Å². The zero-order valence-corrected chi connectivity index (χ0v) is 7.79. The van der Waals surface area contributed by atoms with Crippen LogP contribution in [0.5, 0.6) is 0 Å². The minimum absolute atomic E-state index is 0.166. The molecular weight excluding hydrogens is 174 g/mol. The van der Waals surface area contributed by atoms with Crippen LogP contribution >= 0.6 is 0 Å². The summed E-state index contributed by atoms with van der Waals surface area (Å²) < 4.78 is 4.85. The van der Waals surface area contributed by atoms with Crippen LogP contribution in [-0.2, 0) is 14.3 Å². The van der Waals surface area contributed by atoms with E-state index in [1.807, 2.05) is 6.92 Å². The Kier molecular flexibility index (Phi) is 5.82. The molecule has 0 spiro atoms. The van der Waals surface area contributed by atoms with Gasteiger partial charge in [0, 0.05) is 13.7 Å². The van der Waals surface area contributed by atoms with E-state index in [0.29, 0.717) is 13.2 Å². The van der Waals surface area contributed by atoms with Crippen molar-refractivity contribution < 1.29 is 14.3 Å². The summed E-state index contributed by atoms with van der Waals surface area (Å²) in [6.07, 6.45) is 0. The van der Waals surface area contributed by atoms with Crippen molar-refractivity contribution in [3.8, 4) is 0 Å². The first-order chi connectivity index (χ1) is 6.11. The fraction of sp³-hybridized carbons (Fsp3) is 0.714. The summed E-state index contributed by atoms with van der Waals surface area (Å²) in [6.45, 7) is 2.81. The smallest absolute Gasteiger partial charge is 0.323 e. The lowest BCUT2D eigenvalue weighted by Gasteiger charge is -2.10. The van der Waals surface area contributed by atoms with Gasteiger partial charge >= 0.3 is 11.8 Å². The van der Waals surface area contributed by atoms with Gasteiger partial charge in [0.2, 0.25) is 0 Å². The lowest BCUT2D eigenvalue weighted by Crippen LogP contribution is -2.44. The first-order valence-corrected chi connectivity index (χ1v) is 3.89. The fourth-order valence-electron chi connectivity index (χ4n) is 0.756. The minimum Gasteiger partial charge on any atom is -0.384 e. The molecule has 0 saturated carbocycles. The van der Waals surface area contributed by atoms with Crippen LogP contribution < -0.4 is 16.6 Å². The number of amides is 2. The van der Waals surface area contributed by atoms with E-state index in [-0.39, 0.29) is 5.92 Å². The van der Waals surface area contributed by atoms with Crippen LogP contribution in [0.1, 0.15) is 6.92 Å². The van der Waals surface area contributed by atoms with E-state index in [4.69, 9.17) is 10.6 Å². The van der Waals surface area contributed by atoms with Gasteiger partial charge in [-0.2, -0.15) is 0 Å². The molecule has 6 nitrogen and oxygen atoms in total. The largest absolute Gasteiger partial charge is 0.384 e. The Morgan fingerprint density at radius 3 is 2.54 bits per heavy atom. The van der Waals surface area contributed by atoms with Crippen LogP contribution in [-0.4, -0.2) is 32.1 Å². The SMILES string of the molecule is COCC(C)CNC(=O)C(=O)NN. The van der Waals surface area contributed by atoms with E-state index in [2.05, 4.69) is 5.32 Å². The quantitative estimate of drug-likeness (QED) is 0.214. The molecule has 0 rings (SSSR count). The van der Waals surface area contributed by atoms with Crippen LogP contribution in [0.2, 0.25) is 0 Å². The van der Waals surface area contributed by atoms with Gasteiger partial charge in [-0.05, 0) is 5.92 Å². The van der Waals surface area contributed by atoms with Crippen molar-refractivity contribution in [1.29, 1.82) is 0 Å². The number of hydrogen-bond acceptors (Lipinski definition) is 4. The third-order valence-electron chi connectivity index (χ3n) is 1.40. The predicted molar refractivity (Wildman–Crippen MR) is 46.4 cm³/mol. The van der Waals surface area contributed by atoms with Crippen LogP contribution in [0, 0.1) is 5.92 Å². The molecule has 6 heteroatoms. The van der Waals surface area contributed by atoms with Crippen LogP contribution in [0.15, 0.2) is 0 Å². The van der Waals surface area contributed by atoms with Crippen molar-refractivity contribution in [2.45, 2.75) is 6.92 Å². The van der Waals surface area contributed by atoms with Crippen LogP contribution in [0.4, 0.5) is 0 Å². The maximum Gasteiger partial charge on any atom is 0.323 e. The molecule has 0 bridgehead atoms. The second-order valence-corrected chi connectivity index (χ2v) is 2.74. The van der Waals surface area contributed by atoms with E-state index >= 15 is 0 Å². The number of nitrogens with one attached hydrogen (secondary N) is 2. The third-order valence-corrected chi connectivity index (χ3v) is 1.40. The number of hydrogen-bond donors (Lipinski definition) is 3. The molecular formula is C7H15N3O3. The summed E-state index contributed by atoms with van der Waals surface area (Å²) in [5.41, 5.74) is 1.74. The second-order valence-electron chi connectivity index (χ2n) is 2.74. The van der Waals surface area contributed by atoms with Gasteiger partial charge in [0.25, 0.3) is 0 Å². The van der Waals surface area contributed by atoms with Crippen molar-refractivity contribution in [3.63, 3.8) is 0 Å². The van der Waals surface area contributed by atoms with Crippen molar-refractivity contribution in [1.82, 2.24) is 10.7 Å². The number of hydrazine groups is 1. The fourth-order valence-corrected chi connectivity index (χ4v) is 0.756. The molecule has 1 atom stereocenters. The van der Waals surface area contributed by atoms with Crippen LogP contribution in [0.3, 0.4) is 0 Å². The van der Waals surface area contributed by atoms with Crippen molar-refractivity contribution in [2.24, 2.45) is 11.8 Å². The summed E-state index contributed by atoms with van der Waals surface area (Å²) in [7, 11) is 1.57. The number of carbonyl (C=O) groups is 2. The van der Waals surface area contributed by atoms with Crippen molar-refractivity contribution >= 4 is 11.8 Å². The van der Waals surface area contributed by atoms with Gasteiger partial charge in [-0.3, -0.25) is 15.0 Å². The van der Waals surface area contributed by atoms with E-state index in [1.165, 1.54) is 0 Å². The molecule has 0 aromatic rings. The van der Waals surface area contributed by atoms with E-state index in [9.17, 15) is 9.59 Å². The minimum atomic E-state index is -0.843. The normalized spacial score (nSPS) is 11.9. The molecule has 13 heavy (non-hydrogen) atoms. The number of rotatable bonds is 4. The lowest BCUT2D eigenvalue weighted by atomic mass is 10.2. The molecule has 0 radical (unpaired) electrons. The molecule has 76 valence electrons. The summed E-state index contributed by atoms with van der Waals surface area (Å²) >= 11 is 0. The van der Waals surface area contributed by atoms with Gasteiger partial charge in [0.1, 0.15) is 0 Å². The zero-order chi connectivity index (χ0) is 10.3. The summed E-state index contributed by atoms with van der Waals surface area (Å²) in [5, 5.41) is 2.41. The van der Waals surface area contributed by atoms with E-state index in [0.717, 1.165) is 0 Å². The van der Waals surface area contributed by atoms with Gasteiger partial charge in [-0.1, -0.05) is 6.92 Å². The highest BCUT2D eigenvalue weighted by atomic mass is 16.5. The maximum absolute atomic E-state index is 10.8. The maximum atomic E-state index is 10.8. The Morgan fingerprint density at radius 1 is 1.46 bits per heavy atom. The standard InChI is InChI=1S/C7H15N3O3/c1-5(4-13-2)3-9-6(11)7(12)10-8/h5H,3-4,8H2,1-2H3,(H,9,11)(H,10,12). The third kappa shape index (κ3) is 5.15.